The van der Waals surface area contributed by atoms with Crippen LogP contribution in [0.5, 0.6) is 5.75 Å². The average molecular weight is 554 g/mol. The summed E-state index contributed by atoms with van der Waals surface area (Å²) in [4.78, 5) is 23.9. The third-order valence-corrected chi connectivity index (χ3v) is 7.28. The molecule has 1 aliphatic rings. The minimum absolute atomic E-state index is 0.103. The number of piperidine rings is 1. The van der Waals surface area contributed by atoms with Crippen molar-refractivity contribution in [3.63, 3.8) is 0 Å². The molecule has 0 radical (unpaired) electrons. The third kappa shape index (κ3) is 11.1. The van der Waals surface area contributed by atoms with Gasteiger partial charge in [0.25, 0.3) is 5.91 Å². The zero-order chi connectivity index (χ0) is 26.4. The molecule has 198 valence electrons. The number of aldehydes is 1. The van der Waals surface area contributed by atoms with E-state index in [1.165, 1.54) is 23.9 Å². The van der Waals surface area contributed by atoms with Gasteiger partial charge in [0, 0.05) is 52.5 Å². The van der Waals surface area contributed by atoms with Crippen molar-refractivity contribution in [3.8, 4) is 5.75 Å². The summed E-state index contributed by atoms with van der Waals surface area (Å²) in [5.74, 6) is 0.522. The second-order valence-electron chi connectivity index (χ2n) is 8.55. The average Bonchev–Trinajstić information content (AvgIpc) is 2.86. The zero-order valence-electron chi connectivity index (χ0n) is 21.3. The van der Waals surface area contributed by atoms with Crippen molar-refractivity contribution >= 4 is 47.8 Å². The Bertz CT molecular complexity index is 922. The van der Waals surface area contributed by atoms with E-state index in [0.29, 0.717) is 17.4 Å². The molecular formula is C26H36ClN3O4S2. The highest BCUT2D eigenvalue weighted by Gasteiger charge is 2.32. The molecule has 0 aromatic heterocycles. The summed E-state index contributed by atoms with van der Waals surface area (Å²) < 4.78 is 13.8. The monoisotopic (exact) mass is 553 g/mol. The Balaban J connectivity index is 0.00000145. The fraction of sp³-hybridized carbons (Fsp3) is 0.462. The standard InChI is InChI=1S/C24H32ClN3O3S2.C2H4O/c1-24(2,31-20-6-4-18(25)5-7-20)23(29)27-19-12-15-28(16-13-19)32-21-8-10-22(11-9-21)33-30-17-14-26-3;1-2-3/h4-11,19,26H,12-17H2,1-3H3,(H,27,29);2H,1H3. The van der Waals surface area contributed by atoms with E-state index in [1.807, 2.05) is 7.05 Å². The summed E-state index contributed by atoms with van der Waals surface area (Å²) >= 11 is 9.09. The molecule has 0 aliphatic carbocycles. The van der Waals surface area contributed by atoms with Crippen LogP contribution in [0.3, 0.4) is 0 Å². The summed E-state index contributed by atoms with van der Waals surface area (Å²) in [5, 5.41) is 6.86. The van der Waals surface area contributed by atoms with E-state index in [9.17, 15) is 4.79 Å². The van der Waals surface area contributed by atoms with Gasteiger partial charge >= 0.3 is 0 Å². The number of ether oxygens (including phenoxy) is 1. The number of nitrogens with one attached hydrogen (secondary N) is 2. The minimum atomic E-state index is -0.962. The van der Waals surface area contributed by atoms with Crippen molar-refractivity contribution in [3.05, 3.63) is 53.6 Å². The van der Waals surface area contributed by atoms with Gasteiger partial charge in [-0.2, -0.15) is 0 Å². The Morgan fingerprint density at radius 2 is 1.69 bits per heavy atom. The second kappa shape index (κ2) is 16.2. The molecule has 1 saturated heterocycles. The molecule has 1 amide bonds. The summed E-state index contributed by atoms with van der Waals surface area (Å²) in [5.41, 5.74) is -0.962. The third-order valence-electron chi connectivity index (χ3n) is 5.17. The van der Waals surface area contributed by atoms with Gasteiger partial charge in [-0.1, -0.05) is 11.6 Å². The van der Waals surface area contributed by atoms with Crippen molar-refractivity contribution < 1.29 is 18.5 Å². The van der Waals surface area contributed by atoms with Crippen molar-refractivity contribution in [2.24, 2.45) is 0 Å². The highest BCUT2D eigenvalue weighted by molar-refractivity contribution is 7.97. The molecule has 10 heteroatoms. The molecule has 0 unspecified atom stereocenters. The van der Waals surface area contributed by atoms with E-state index in [-0.39, 0.29) is 11.9 Å². The van der Waals surface area contributed by atoms with Gasteiger partial charge < -0.3 is 24.3 Å². The molecule has 0 saturated carbocycles. The molecule has 36 heavy (non-hydrogen) atoms. The largest absolute Gasteiger partial charge is 0.478 e. The number of benzene rings is 2. The van der Waals surface area contributed by atoms with Gasteiger partial charge in [-0.05, 0) is 101 Å². The van der Waals surface area contributed by atoms with Gasteiger partial charge in [0.05, 0.1) is 6.61 Å². The van der Waals surface area contributed by atoms with E-state index in [2.05, 4.69) is 39.2 Å². The lowest BCUT2D eigenvalue weighted by Gasteiger charge is -2.33. The number of hydrogen-bond donors (Lipinski definition) is 2. The molecule has 1 heterocycles. The van der Waals surface area contributed by atoms with Crippen LogP contribution < -0.4 is 15.4 Å². The maximum Gasteiger partial charge on any atom is 0.263 e. The topological polar surface area (TPSA) is 79.9 Å². The second-order valence-corrected chi connectivity index (χ2v) is 11.0. The summed E-state index contributed by atoms with van der Waals surface area (Å²) in [6.45, 7) is 8.36. The number of likely N-dealkylation sites (N-methyl/N-ethyl adjacent to an activating group) is 1. The van der Waals surface area contributed by atoms with Gasteiger partial charge in [-0.3, -0.25) is 4.79 Å². The lowest BCUT2D eigenvalue weighted by Crippen LogP contribution is -2.52. The number of hydrogen-bond acceptors (Lipinski definition) is 8. The maximum atomic E-state index is 12.8. The fourth-order valence-electron chi connectivity index (χ4n) is 3.25. The first-order valence-corrected chi connectivity index (χ1v) is 13.8. The molecular weight excluding hydrogens is 518 g/mol. The van der Waals surface area contributed by atoms with Gasteiger partial charge in [0.15, 0.2) is 5.60 Å². The first-order valence-electron chi connectivity index (χ1n) is 11.9. The van der Waals surface area contributed by atoms with Crippen LogP contribution in [0.2, 0.25) is 5.02 Å². The predicted octanol–water partition coefficient (Wildman–Crippen LogP) is 5.23. The fourth-order valence-corrected chi connectivity index (χ4v) is 4.88. The van der Waals surface area contributed by atoms with Crippen LogP contribution >= 0.6 is 35.6 Å². The van der Waals surface area contributed by atoms with Crippen LogP contribution in [0, 0.1) is 0 Å². The molecule has 2 N–H and O–H groups in total. The van der Waals surface area contributed by atoms with Crippen LogP contribution in [0.4, 0.5) is 0 Å². The Hall–Kier alpha value is -1.75. The van der Waals surface area contributed by atoms with Gasteiger partial charge in [0.1, 0.15) is 12.0 Å². The smallest absolute Gasteiger partial charge is 0.263 e. The van der Waals surface area contributed by atoms with Gasteiger partial charge in [-0.15, -0.1) is 0 Å². The molecule has 0 atom stereocenters. The Labute approximate surface area is 228 Å². The van der Waals surface area contributed by atoms with Crippen LogP contribution in [0.1, 0.15) is 33.6 Å². The lowest BCUT2D eigenvalue weighted by atomic mass is 10.0. The number of carbonyl (C=O) groups excluding carboxylic acids is 2. The Morgan fingerprint density at radius 1 is 1.11 bits per heavy atom. The highest BCUT2D eigenvalue weighted by atomic mass is 35.5. The molecule has 2 aromatic rings. The van der Waals surface area contributed by atoms with Crippen molar-refractivity contribution in [1.29, 1.82) is 0 Å². The summed E-state index contributed by atoms with van der Waals surface area (Å²) in [7, 11) is 1.91. The number of halogens is 1. The molecule has 2 aromatic carbocycles. The van der Waals surface area contributed by atoms with E-state index in [4.69, 9.17) is 25.3 Å². The molecule has 7 nitrogen and oxygen atoms in total. The predicted molar refractivity (Wildman–Crippen MR) is 149 cm³/mol. The van der Waals surface area contributed by atoms with E-state index in [1.54, 1.807) is 50.1 Å². The number of rotatable bonds is 11. The van der Waals surface area contributed by atoms with Gasteiger partial charge in [-0.25, -0.2) is 4.31 Å². The van der Waals surface area contributed by atoms with E-state index >= 15 is 0 Å². The normalized spacial score (nSPS) is 14.5. The van der Waals surface area contributed by atoms with E-state index < -0.39 is 5.60 Å². The van der Waals surface area contributed by atoms with Crippen LogP contribution in [-0.4, -0.2) is 61.4 Å². The van der Waals surface area contributed by atoms with E-state index in [0.717, 1.165) is 43.7 Å². The SMILES string of the molecule is CC=O.CNCCOSc1ccc(SN2CCC(NC(=O)C(C)(C)Oc3ccc(Cl)cc3)CC2)cc1. The number of carbonyl (C=O) groups is 2. The molecule has 1 aliphatic heterocycles. The van der Waals surface area contributed by atoms with Crippen LogP contribution in [0.25, 0.3) is 0 Å². The van der Waals surface area contributed by atoms with Crippen LogP contribution in [0.15, 0.2) is 58.3 Å². The quantitative estimate of drug-likeness (QED) is 0.169. The number of amides is 1. The van der Waals surface area contributed by atoms with Crippen LogP contribution in [-0.2, 0) is 13.8 Å². The zero-order valence-corrected chi connectivity index (χ0v) is 23.7. The lowest BCUT2D eigenvalue weighted by molar-refractivity contribution is -0.135. The van der Waals surface area contributed by atoms with Crippen molar-refractivity contribution in [2.75, 3.05) is 33.3 Å². The first kappa shape index (κ1) is 30.5. The summed E-state index contributed by atoms with van der Waals surface area (Å²) in [6.07, 6.45) is 2.56. The van der Waals surface area contributed by atoms with Gasteiger partial charge in [0.2, 0.25) is 0 Å². The molecule has 1 fully saturated rings. The Kier molecular flexibility index (Phi) is 13.7. The Morgan fingerprint density at radius 3 is 2.28 bits per heavy atom. The molecule has 0 spiro atoms. The molecule has 3 rings (SSSR count). The van der Waals surface area contributed by atoms with Crippen molar-refractivity contribution in [1.82, 2.24) is 14.9 Å². The summed E-state index contributed by atoms with van der Waals surface area (Å²) in [6, 6.07) is 15.6. The maximum absolute atomic E-state index is 12.8. The molecule has 0 bridgehead atoms. The first-order chi connectivity index (χ1) is 17.3. The van der Waals surface area contributed by atoms with Crippen molar-refractivity contribution in [2.45, 2.75) is 55.0 Å². The number of nitrogens with zero attached hydrogens (tertiary/aromatic N) is 1. The minimum Gasteiger partial charge on any atom is -0.478 e. The highest BCUT2D eigenvalue weighted by Crippen LogP contribution is 2.29.